The highest BCUT2D eigenvalue weighted by molar-refractivity contribution is 5.96. The van der Waals surface area contributed by atoms with Gasteiger partial charge < -0.3 is 0 Å². The fourth-order valence-electron chi connectivity index (χ4n) is 14.8. The van der Waals surface area contributed by atoms with E-state index >= 15 is 0 Å². The van der Waals surface area contributed by atoms with Gasteiger partial charge in [-0.25, -0.2) is 43.6 Å². The highest BCUT2D eigenvalue weighted by Crippen LogP contribution is 2.38. The fraction of sp³-hybridized carbons (Fsp3) is 0.0526. The summed E-state index contributed by atoms with van der Waals surface area (Å²) in [6.07, 6.45) is 0. The van der Waals surface area contributed by atoms with Crippen LogP contribution < -0.4 is 0 Å². The van der Waals surface area contributed by atoms with Gasteiger partial charge in [0.05, 0.1) is 66.2 Å². The second kappa shape index (κ2) is 27.7. The zero-order chi connectivity index (χ0) is 78.2. The van der Waals surface area contributed by atoms with E-state index in [0.29, 0.717) is 64.1 Å². The van der Waals surface area contributed by atoms with Crippen LogP contribution in [0.4, 0.5) is 0 Å². The molecule has 0 amide bonds. The van der Waals surface area contributed by atoms with Crippen molar-refractivity contribution in [1.82, 2.24) is 86.7 Å². The molecule has 0 aliphatic heterocycles. The van der Waals surface area contributed by atoms with Gasteiger partial charge in [0.15, 0.2) is 34.9 Å². The van der Waals surface area contributed by atoms with Crippen LogP contribution in [0.15, 0.2) is 340 Å². The monoisotopic (exact) mass is 1460 g/mol. The number of rotatable bonds is 10. The van der Waals surface area contributed by atoms with E-state index in [1.165, 1.54) is 5.56 Å². The van der Waals surface area contributed by atoms with Crippen molar-refractivity contribution in [2.75, 3.05) is 0 Å². The van der Waals surface area contributed by atoms with Crippen LogP contribution in [-0.4, -0.2) is 86.7 Å². The van der Waals surface area contributed by atoms with Gasteiger partial charge in [-0.15, -0.1) is 0 Å². The van der Waals surface area contributed by atoms with Crippen LogP contribution in [0.1, 0.15) is 36.0 Å². The molecule has 22 aromatic rings. The van der Waals surface area contributed by atoms with Crippen LogP contribution >= 0.6 is 0 Å². The van der Waals surface area contributed by atoms with E-state index in [1.807, 2.05) is 256 Å². The fourth-order valence-corrected chi connectivity index (χ4v) is 14.8. The molecule has 0 spiro atoms. The lowest BCUT2D eigenvalue weighted by molar-refractivity contribution is 0.591. The van der Waals surface area contributed by atoms with Gasteiger partial charge in [0.2, 0.25) is 35.2 Å². The predicted octanol–water partition coefficient (Wildman–Crippen LogP) is 21.1. The molecule has 0 unspecified atom stereocenters. The van der Waals surface area contributed by atoms with Crippen molar-refractivity contribution in [3.05, 3.63) is 351 Å². The molecular weight excluding hydrogens is 1390 g/mol. The summed E-state index contributed by atoms with van der Waals surface area (Å²) in [4.78, 5) is 59.4. The third kappa shape index (κ3) is 12.2. The molecule has 9 aromatic heterocycles. The molecule has 0 fully saturated rings. The van der Waals surface area contributed by atoms with Gasteiger partial charge in [0.25, 0.3) is 0 Å². The molecule has 538 valence electrons. The quantitative estimate of drug-likeness (QED) is 0.126. The van der Waals surface area contributed by atoms with E-state index in [1.54, 1.807) is 18.2 Å². The molecule has 0 atom stereocenters. The number of nitrogens with zero attached hydrogens (tertiary/aromatic N) is 18. The SMILES string of the molecule is CC(C)(C)c1ccc2c(c1)n1c3ccccc3nc1n2-c1nc(-c2ccccc2)nc(-c2ccccc2)n1.[2H]C([2H])([2H])c1ccc2c(c1)n1c3ccccc3nc1n2-c1nc(-c2ccccc2)nc(-c2ccccc2)n1.c1ccc(-c2ccc3c(c2)n2c4ccccc4nc2n3-c2nc(-c3ccccc3)nc(-c3ccccc3)n2)cc1. The largest absolute Gasteiger partial charge is 0.276 e. The third-order valence-electron chi connectivity index (χ3n) is 20.2. The van der Waals surface area contributed by atoms with Crippen molar-refractivity contribution in [3.8, 4) is 97.3 Å². The molecule has 18 nitrogen and oxygen atoms in total. The minimum absolute atomic E-state index is 0.00707. The van der Waals surface area contributed by atoms with Crippen LogP contribution in [-0.2, 0) is 5.41 Å². The van der Waals surface area contributed by atoms with Crippen molar-refractivity contribution in [1.29, 1.82) is 0 Å². The smallest absolute Gasteiger partial charge is 0.241 e. The second-order valence-electron chi connectivity index (χ2n) is 28.5. The zero-order valence-corrected chi connectivity index (χ0v) is 61.4. The Morgan fingerprint density at radius 2 is 0.496 bits per heavy atom. The topological polar surface area (TPSA) is 183 Å². The highest BCUT2D eigenvalue weighted by atomic mass is 15.3. The molecule has 113 heavy (non-hydrogen) atoms. The number of fused-ring (bicyclic) bond motifs is 15. The van der Waals surface area contributed by atoms with Gasteiger partial charge >= 0.3 is 0 Å². The molecule has 0 aliphatic rings. The minimum atomic E-state index is -2.24. The van der Waals surface area contributed by atoms with Crippen LogP contribution in [0.25, 0.3) is 181 Å². The number of imidazole rings is 6. The summed E-state index contributed by atoms with van der Waals surface area (Å²) >= 11 is 0. The average Bonchev–Trinajstić information content (AvgIpc) is 1.57. The van der Waals surface area contributed by atoms with E-state index in [9.17, 15) is 0 Å². The first-order chi connectivity index (χ1) is 56.8. The molecule has 0 saturated carbocycles. The number of para-hydroxylation sites is 6. The summed E-state index contributed by atoms with van der Waals surface area (Å²) in [5.74, 6) is 7.11. The van der Waals surface area contributed by atoms with Crippen molar-refractivity contribution in [2.45, 2.75) is 33.0 Å². The molecule has 0 radical (unpaired) electrons. The van der Waals surface area contributed by atoms with Gasteiger partial charge in [-0.05, 0) is 107 Å². The van der Waals surface area contributed by atoms with Gasteiger partial charge in [-0.2, -0.15) is 29.9 Å². The summed E-state index contributed by atoms with van der Waals surface area (Å²) in [5, 5.41) is 0. The minimum Gasteiger partial charge on any atom is -0.276 e. The normalized spacial score (nSPS) is 12.2. The first-order valence-corrected chi connectivity index (χ1v) is 37.2. The van der Waals surface area contributed by atoms with Gasteiger partial charge in [0, 0.05) is 37.5 Å². The Labute approximate surface area is 652 Å². The van der Waals surface area contributed by atoms with Crippen molar-refractivity contribution >= 4 is 83.5 Å². The van der Waals surface area contributed by atoms with E-state index in [-0.39, 0.29) is 11.0 Å². The maximum absolute atomic E-state index is 7.97. The van der Waals surface area contributed by atoms with Crippen molar-refractivity contribution in [3.63, 3.8) is 0 Å². The number of aromatic nitrogens is 18. The number of hydrogen-bond acceptors (Lipinski definition) is 12. The Hall–Kier alpha value is -15.3. The maximum Gasteiger partial charge on any atom is 0.241 e. The Morgan fingerprint density at radius 3 is 0.814 bits per heavy atom. The van der Waals surface area contributed by atoms with E-state index in [4.69, 9.17) is 63.9 Å². The lowest BCUT2D eigenvalue weighted by atomic mass is 9.87. The molecule has 22 rings (SSSR count). The van der Waals surface area contributed by atoms with Gasteiger partial charge in [-0.3, -0.25) is 13.2 Å². The zero-order valence-electron chi connectivity index (χ0n) is 64.4. The predicted molar refractivity (Wildman–Crippen MR) is 450 cm³/mol. The summed E-state index contributed by atoms with van der Waals surface area (Å²) < 4.78 is 36.3. The Balaban J connectivity index is 0.000000112. The van der Waals surface area contributed by atoms with E-state index < -0.39 is 6.85 Å². The van der Waals surface area contributed by atoms with Crippen molar-refractivity contribution < 1.29 is 4.11 Å². The molecule has 18 heteroatoms. The second-order valence-corrected chi connectivity index (χ2v) is 28.5. The Bertz CT molecular complexity index is 7000. The summed E-state index contributed by atoms with van der Waals surface area (Å²) in [6.45, 7) is 4.46. The average molecular weight is 1460 g/mol. The summed E-state index contributed by atoms with van der Waals surface area (Å²) in [6, 6.07) is 113. The number of aryl methyl sites for hydroxylation is 1. The molecule has 9 heterocycles. The first-order valence-electron chi connectivity index (χ1n) is 38.7. The standard InChI is InChI=1S/C34H22N6.C32H26N6.C29H20N6/c1-4-12-23(13-5-1)26-20-21-29-30(22-26)39-28-19-11-10-18-27(28)35-34(39)40(29)33-37-31(24-14-6-2-7-15-24)36-32(38-33)25-16-8-3-9-17-25;1-32(2,3)23-18-19-26-27(20-23)37-25-17-11-10-16-24(25)33-31(37)38(26)30-35-28(21-12-6-4-7-13-21)34-29(36-30)22-14-8-5-9-15-22;1-19-16-17-24-25(18-19)34-23-15-9-8-14-22(23)30-29(34)35(24)28-32-26(20-10-4-2-5-11-20)31-27(33-28)21-12-6-3-7-13-21/h1-22H;4-20H,1-3H3;2-18H,1H3/i;;1D3. The van der Waals surface area contributed by atoms with E-state index in [0.717, 1.165) is 117 Å². The molecule has 0 aliphatic carbocycles. The molecule has 0 N–H and O–H groups in total. The first kappa shape index (κ1) is 63.8. The molecule has 0 bridgehead atoms. The van der Waals surface area contributed by atoms with Crippen molar-refractivity contribution in [2.24, 2.45) is 0 Å². The molecule has 0 saturated heterocycles. The van der Waals surface area contributed by atoms with Gasteiger partial charge in [0.1, 0.15) is 0 Å². The third-order valence-corrected chi connectivity index (χ3v) is 20.2. The lowest BCUT2D eigenvalue weighted by Crippen LogP contribution is -2.11. The number of benzene rings is 13. The number of hydrogen-bond donors (Lipinski definition) is 0. The van der Waals surface area contributed by atoms with Crippen LogP contribution in [0.5, 0.6) is 0 Å². The summed E-state index contributed by atoms with van der Waals surface area (Å²) in [7, 11) is 0. The Morgan fingerprint density at radius 1 is 0.221 bits per heavy atom. The van der Waals surface area contributed by atoms with Gasteiger partial charge in [-0.1, -0.05) is 288 Å². The van der Waals surface area contributed by atoms with Crippen LogP contribution in [0.3, 0.4) is 0 Å². The summed E-state index contributed by atoms with van der Waals surface area (Å²) in [5.41, 5.74) is 20.4. The highest BCUT2D eigenvalue weighted by Gasteiger charge is 2.27. The lowest BCUT2D eigenvalue weighted by Gasteiger charge is -2.19. The van der Waals surface area contributed by atoms with Crippen LogP contribution in [0, 0.1) is 6.85 Å². The molecule has 13 aromatic carbocycles. The molecular formula is C95H68N18. The maximum atomic E-state index is 7.97. The van der Waals surface area contributed by atoms with Crippen LogP contribution in [0.2, 0.25) is 0 Å². The van der Waals surface area contributed by atoms with E-state index in [2.05, 4.69) is 113 Å². The Kier molecular flexibility index (Phi) is 15.6.